The molecule has 2 aromatic rings. The molecule has 0 spiro atoms. The molecule has 1 aromatic carbocycles. The summed E-state index contributed by atoms with van der Waals surface area (Å²) in [5.74, 6) is 0. The Morgan fingerprint density at radius 2 is 2.00 bits per heavy atom. The second-order valence-corrected chi connectivity index (χ2v) is 7.06. The highest BCUT2D eigenvalue weighted by Crippen LogP contribution is 2.30. The van der Waals surface area contributed by atoms with Crippen molar-refractivity contribution < 1.29 is 4.74 Å². The molecule has 0 amide bonds. The van der Waals surface area contributed by atoms with Crippen LogP contribution in [0.4, 0.5) is 0 Å². The average Bonchev–Trinajstić information content (AvgIpc) is 3.07. The molecule has 2 heterocycles. The Hall–Kier alpha value is -1.16. The van der Waals surface area contributed by atoms with Crippen LogP contribution in [-0.2, 0) is 17.8 Å². The maximum absolute atomic E-state index is 6.37. The molecule has 1 atom stereocenters. The number of piperidine rings is 1. The highest BCUT2D eigenvalue weighted by molar-refractivity contribution is 7.07. The van der Waals surface area contributed by atoms with Gasteiger partial charge in [0.2, 0.25) is 0 Å². The van der Waals surface area contributed by atoms with Gasteiger partial charge in [-0.1, -0.05) is 30.3 Å². The van der Waals surface area contributed by atoms with E-state index in [-0.39, 0.29) is 5.72 Å². The summed E-state index contributed by atoms with van der Waals surface area (Å²) in [6.45, 7) is 5.20. The van der Waals surface area contributed by atoms with Gasteiger partial charge in [-0.15, -0.1) is 0 Å². The van der Waals surface area contributed by atoms with Crippen molar-refractivity contribution in [2.24, 2.45) is 0 Å². The summed E-state index contributed by atoms with van der Waals surface area (Å²) >= 11 is 1.78. The maximum atomic E-state index is 6.37. The second-order valence-electron chi connectivity index (χ2n) is 6.28. The zero-order valence-electron chi connectivity index (χ0n) is 13.3. The Balaban J connectivity index is 1.60. The van der Waals surface area contributed by atoms with Gasteiger partial charge in [-0.25, -0.2) is 0 Å². The third-order valence-corrected chi connectivity index (χ3v) is 5.36. The Morgan fingerprint density at radius 1 is 1.14 bits per heavy atom. The van der Waals surface area contributed by atoms with Crippen molar-refractivity contribution in [3.05, 3.63) is 58.3 Å². The lowest BCUT2D eigenvalue weighted by Gasteiger charge is -2.44. The van der Waals surface area contributed by atoms with Crippen LogP contribution in [0.15, 0.2) is 47.2 Å². The van der Waals surface area contributed by atoms with Gasteiger partial charge in [-0.2, -0.15) is 11.3 Å². The summed E-state index contributed by atoms with van der Waals surface area (Å²) in [4.78, 5) is 2.54. The summed E-state index contributed by atoms with van der Waals surface area (Å²) in [6, 6.07) is 12.7. The Bertz CT molecular complexity index is 554. The number of ether oxygens (including phenoxy) is 1. The van der Waals surface area contributed by atoms with E-state index >= 15 is 0 Å². The lowest BCUT2D eigenvalue weighted by molar-refractivity contribution is -0.170. The van der Waals surface area contributed by atoms with Crippen molar-refractivity contribution in [2.45, 2.75) is 44.9 Å². The van der Waals surface area contributed by atoms with Crippen LogP contribution < -0.4 is 0 Å². The minimum atomic E-state index is -0.121. The molecule has 3 heteroatoms. The van der Waals surface area contributed by atoms with Crippen molar-refractivity contribution in [3.8, 4) is 0 Å². The van der Waals surface area contributed by atoms with Crippen LogP contribution in [0.3, 0.4) is 0 Å². The fourth-order valence-corrected chi connectivity index (χ4v) is 3.88. The molecule has 0 radical (unpaired) electrons. The first-order chi connectivity index (χ1) is 10.8. The second kappa shape index (κ2) is 7.40. The third kappa shape index (κ3) is 3.97. The van der Waals surface area contributed by atoms with Crippen molar-refractivity contribution in [2.75, 3.05) is 13.1 Å². The lowest BCUT2D eigenvalue weighted by Crippen LogP contribution is -2.52. The first-order valence-electron chi connectivity index (χ1n) is 8.20. The molecule has 2 nitrogen and oxygen atoms in total. The van der Waals surface area contributed by atoms with Crippen LogP contribution in [0.5, 0.6) is 0 Å². The van der Waals surface area contributed by atoms with Gasteiger partial charge in [0, 0.05) is 13.1 Å². The first-order valence-corrected chi connectivity index (χ1v) is 9.15. The average molecular weight is 315 g/mol. The molecule has 0 aliphatic carbocycles. The van der Waals surface area contributed by atoms with Crippen LogP contribution in [-0.4, -0.2) is 23.7 Å². The minimum absolute atomic E-state index is 0.121. The fraction of sp³-hybridized carbons (Fsp3) is 0.474. The molecule has 118 valence electrons. The van der Waals surface area contributed by atoms with Crippen molar-refractivity contribution in [1.29, 1.82) is 0 Å². The third-order valence-electron chi connectivity index (χ3n) is 4.63. The van der Waals surface area contributed by atoms with E-state index in [1.165, 1.54) is 24.0 Å². The molecule has 0 saturated carbocycles. The van der Waals surface area contributed by atoms with E-state index in [9.17, 15) is 0 Å². The van der Waals surface area contributed by atoms with E-state index in [0.717, 1.165) is 25.9 Å². The zero-order chi connectivity index (χ0) is 15.3. The van der Waals surface area contributed by atoms with Gasteiger partial charge in [0.25, 0.3) is 0 Å². The van der Waals surface area contributed by atoms with Gasteiger partial charge in [0.15, 0.2) is 0 Å². The Kier molecular flexibility index (Phi) is 5.29. The van der Waals surface area contributed by atoms with Gasteiger partial charge in [0.05, 0.1) is 6.61 Å². The summed E-state index contributed by atoms with van der Waals surface area (Å²) in [5.41, 5.74) is 2.58. The van der Waals surface area contributed by atoms with E-state index in [0.29, 0.717) is 6.61 Å². The molecule has 3 rings (SSSR count). The molecule has 0 N–H and O–H groups in total. The summed E-state index contributed by atoms with van der Waals surface area (Å²) in [7, 11) is 0. The zero-order valence-corrected chi connectivity index (χ0v) is 14.1. The van der Waals surface area contributed by atoms with Crippen LogP contribution in [0, 0.1) is 0 Å². The van der Waals surface area contributed by atoms with Gasteiger partial charge in [-0.05, 0) is 60.6 Å². The normalized spacial score (nSPS) is 22.8. The fourth-order valence-electron chi connectivity index (χ4n) is 3.17. The SMILES string of the molecule is CC1(OCc2ccccc2)CCCCN1CCc1ccsc1. The number of likely N-dealkylation sites (tertiary alicyclic amines) is 1. The molecule has 1 fully saturated rings. The smallest absolute Gasteiger partial charge is 0.119 e. The highest BCUT2D eigenvalue weighted by Gasteiger charge is 2.34. The minimum Gasteiger partial charge on any atom is -0.356 e. The molecule has 1 saturated heterocycles. The molecule has 1 aliphatic heterocycles. The first kappa shape index (κ1) is 15.7. The van der Waals surface area contributed by atoms with E-state index in [2.05, 4.69) is 59.0 Å². The topological polar surface area (TPSA) is 12.5 Å². The standard InChI is InChI=1S/C19H25NOS/c1-19(21-15-17-7-3-2-4-8-17)11-5-6-12-20(19)13-9-18-10-14-22-16-18/h2-4,7-8,10,14,16H,5-6,9,11-13,15H2,1H3. The number of hydrogen-bond donors (Lipinski definition) is 0. The Labute approximate surface area is 137 Å². The van der Waals surface area contributed by atoms with Crippen LogP contribution in [0.2, 0.25) is 0 Å². The van der Waals surface area contributed by atoms with Gasteiger partial charge in [-0.3, -0.25) is 4.90 Å². The molecule has 1 unspecified atom stereocenters. The lowest BCUT2D eigenvalue weighted by atomic mass is 9.99. The summed E-state index contributed by atoms with van der Waals surface area (Å²) in [5, 5.41) is 4.42. The summed E-state index contributed by atoms with van der Waals surface area (Å²) < 4.78 is 6.37. The van der Waals surface area contributed by atoms with E-state index in [1.54, 1.807) is 11.3 Å². The van der Waals surface area contributed by atoms with Crippen molar-refractivity contribution >= 4 is 11.3 Å². The maximum Gasteiger partial charge on any atom is 0.119 e. The predicted octanol–water partition coefficient (Wildman–Crippen LogP) is 4.71. The van der Waals surface area contributed by atoms with Gasteiger partial charge >= 0.3 is 0 Å². The molecule has 1 aliphatic rings. The van der Waals surface area contributed by atoms with Crippen molar-refractivity contribution in [3.63, 3.8) is 0 Å². The van der Waals surface area contributed by atoms with Crippen LogP contribution in [0.25, 0.3) is 0 Å². The van der Waals surface area contributed by atoms with E-state index in [4.69, 9.17) is 4.74 Å². The van der Waals surface area contributed by atoms with Gasteiger partial charge < -0.3 is 4.74 Å². The Morgan fingerprint density at radius 3 is 2.77 bits per heavy atom. The number of rotatable bonds is 6. The number of hydrogen-bond acceptors (Lipinski definition) is 3. The molecule has 22 heavy (non-hydrogen) atoms. The molecular weight excluding hydrogens is 290 g/mol. The molecule has 0 bridgehead atoms. The quantitative estimate of drug-likeness (QED) is 0.765. The highest BCUT2D eigenvalue weighted by atomic mass is 32.1. The van der Waals surface area contributed by atoms with Crippen LogP contribution >= 0.6 is 11.3 Å². The molecular formula is C19H25NOS. The monoisotopic (exact) mass is 315 g/mol. The van der Waals surface area contributed by atoms with Crippen molar-refractivity contribution in [1.82, 2.24) is 4.90 Å². The molecule has 1 aromatic heterocycles. The van der Waals surface area contributed by atoms with E-state index < -0.39 is 0 Å². The number of thiophene rings is 1. The predicted molar refractivity (Wildman–Crippen MR) is 93.1 cm³/mol. The number of nitrogens with zero attached hydrogens (tertiary/aromatic N) is 1. The number of benzene rings is 1. The van der Waals surface area contributed by atoms with E-state index in [1.807, 2.05) is 0 Å². The van der Waals surface area contributed by atoms with Crippen LogP contribution in [0.1, 0.15) is 37.3 Å². The summed E-state index contributed by atoms with van der Waals surface area (Å²) in [6.07, 6.45) is 4.80. The largest absolute Gasteiger partial charge is 0.356 e. The van der Waals surface area contributed by atoms with Gasteiger partial charge in [0.1, 0.15) is 5.72 Å².